The SMILES string of the molecule is CCOC(=O)Cc1[nH]ccc1-c1ccccc1. The van der Waals surface area contributed by atoms with E-state index in [0.29, 0.717) is 6.61 Å². The maximum atomic E-state index is 11.5. The van der Waals surface area contributed by atoms with Crippen LogP contribution in [-0.2, 0) is 16.0 Å². The number of hydrogen-bond donors (Lipinski definition) is 1. The van der Waals surface area contributed by atoms with Crippen LogP contribution in [0.3, 0.4) is 0 Å². The van der Waals surface area contributed by atoms with Gasteiger partial charge in [-0.3, -0.25) is 4.79 Å². The number of aromatic nitrogens is 1. The first-order valence-corrected chi connectivity index (χ1v) is 5.68. The second-order valence-electron chi connectivity index (χ2n) is 3.72. The van der Waals surface area contributed by atoms with Gasteiger partial charge in [0.2, 0.25) is 0 Å². The van der Waals surface area contributed by atoms with E-state index in [9.17, 15) is 4.79 Å². The summed E-state index contributed by atoms with van der Waals surface area (Å²) in [6, 6.07) is 12.0. The second kappa shape index (κ2) is 5.34. The summed E-state index contributed by atoms with van der Waals surface area (Å²) in [5.41, 5.74) is 3.06. The fourth-order valence-electron chi connectivity index (χ4n) is 1.79. The Morgan fingerprint density at radius 2 is 2.00 bits per heavy atom. The summed E-state index contributed by atoms with van der Waals surface area (Å²) in [7, 11) is 0. The number of esters is 1. The summed E-state index contributed by atoms with van der Waals surface area (Å²) >= 11 is 0. The van der Waals surface area contributed by atoms with E-state index >= 15 is 0 Å². The van der Waals surface area contributed by atoms with E-state index in [1.54, 1.807) is 0 Å². The molecule has 1 N–H and O–H groups in total. The average molecular weight is 229 g/mol. The van der Waals surface area contributed by atoms with Gasteiger partial charge in [-0.15, -0.1) is 0 Å². The molecule has 17 heavy (non-hydrogen) atoms. The van der Waals surface area contributed by atoms with Crippen LogP contribution in [0.2, 0.25) is 0 Å². The highest BCUT2D eigenvalue weighted by atomic mass is 16.5. The largest absolute Gasteiger partial charge is 0.466 e. The van der Waals surface area contributed by atoms with Crippen molar-refractivity contribution in [3.8, 4) is 11.1 Å². The number of rotatable bonds is 4. The summed E-state index contributed by atoms with van der Waals surface area (Å²) in [6.45, 7) is 2.23. The smallest absolute Gasteiger partial charge is 0.311 e. The molecule has 2 rings (SSSR count). The van der Waals surface area contributed by atoms with Crippen molar-refractivity contribution in [3.63, 3.8) is 0 Å². The Kier molecular flexibility index (Phi) is 3.60. The summed E-state index contributed by atoms with van der Waals surface area (Å²) in [6.07, 6.45) is 2.13. The molecule has 1 aromatic heterocycles. The highest BCUT2D eigenvalue weighted by molar-refractivity contribution is 5.77. The normalized spacial score (nSPS) is 10.2. The van der Waals surface area contributed by atoms with Gasteiger partial charge in [0.25, 0.3) is 0 Å². The molecule has 0 radical (unpaired) electrons. The van der Waals surface area contributed by atoms with E-state index in [4.69, 9.17) is 4.74 Å². The predicted octanol–water partition coefficient (Wildman–Crippen LogP) is 2.79. The van der Waals surface area contributed by atoms with Gasteiger partial charge in [0, 0.05) is 17.5 Å². The van der Waals surface area contributed by atoms with Crippen molar-refractivity contribution in [2.24, 2.45) is 0 Å². The number of ether oxygens (including phenoxy) is 1. The molecule has 0 unspecified atom stereocenters. The Bertz CT molecular complexity index is 488. The van der Waals surface area contributed by atoms with Crippen molar-refractivity contribution >= 4 is 5.97 Å². The Hall–Kier alpha value is -2.03. The molecule has 0 bridgehead atoms. The minimum absolute atomic E-state index is 0.202. The third kappa shape index (κ3) is 2.75. The highest BCUT2D eigenvalue weighted by Gasteiger charge is 2.10. The lowest BCUT2D eigenvalue weighted by Gasteiger charge is -2.04. The minimum Gasteiger partial charge on any atom is -0.466 e. The van der Waals surface area contributed by atoms with Crippen molar-refractivity contribution in [1.29, 1.82) is 0 Å². The first kappa shape index (κ1) is 11.5. The quantitative estimate of drug-likeness (QED) is 0.819. The van der Waals surface area contributed by atoms with Crippen molar-refractivity contribution in [3.05, 3.63) is 48.3 Å². The van der Waals surface area contributed by atoms with Crippen LogP contribution < -0.4 is 0 Å². The molecule has 0 amide bonds. The molecule has 0 spiro atoms. The standard InChI is InChI=1S/C14H15NO2/c1-2-17-14(16)10-13-12(8-9-15-13)11-6-4-3-5-7-11/h3-9,15H,2,10H2,1H3. The molecule has 0 aliphatic rings. The number of carbonyl (C=O) groups is 1. The lowest BCUT2D eigenvalue weighted by atomic mass is 10.1. The Labute approximate surface area is 100 Å². The van der Waals surface area contributed by atoms with E-state index in [1.807, 2.05) is 49.5 Å². The third-order valence-electron chi connectivity index (χ3n) is 2.54. The summed E-state index contributed by atoms with van der Waals surface area (Å²) < 4.78 is 4.95. The zero-order valence-corrected chi connectivity index (χ0v) is 9.77. The van der Waals surface area contributed by atoms with Crippen LogP contribution in [0.25, 0.3) is 11.1 Å². The van der Waals surface area contributed by atoms with Crippen LogP contribution >= 0.6 is 0 Å². The lowest BCUT2D eigenvalue weighted by molar-refractivity contribution is -0.142. The third-order valence-corrected chi connectivity index (χ3v) is 2.54. The number of nitrogens with one attached hydrogen (secondary N) is 1. The van der Waals surface area contributed by atoms with Gasteiger partial charge in [-0.2, -0.15) is 0 Å². The maximum Gasteiger partial charge on any atom is 0.311 e. The Balaban J connectivity index is 2.20. The molecule has 1 heterocycles. The van der Waals surface area contributed by atoms with Crippen molar-refractivity contribution in [2.45, 2.75) is 13.3 Å². The average Bonchev–Trinajstić information content (AvgIpc) is 2.78. The molecule has 3 nitrogen and oxygen atoms in total. The number of benzene rings is 1. The maximum absolute atomic E-state index is 11.5. The van der Waals surface area contributed by atoms with Gasteiger partial charge in [0.1, 0.15) is 0 Å². The van der Waals surface area contributed by atoms with Crippen LogP contribution in [0.1, 0.15) is 12.6 Å². The van der Waals surface area contributed by atoms with Crippen LogP contribution in [0, 0.1) is 0 Å². The summed E-state index contributed by atoms with van der Waals surface area (Å²) in [5, 5.41) is 0. The van der Waals surface area contributed by atoms with Gasteiger partial charge < -0.3 is 9.72 Å². The molecule has 0 aliphatic heterocycles. The molecule has 0 saturated carbocycles. The first-order valence-electron chi connectivity index (χ1n) is 5.68. The van der Waals surface area contributed by atoms with E-state index in [0.717, 1.165) is 16.8 Å². The van der Waals surface area contributed by atoms with E-state index < -0.39 is 0 Å². The molecular weight excluding hydrogens is 214 g/mol. The molecule has 1 aromatic carbocycles. The number of H-pyrrole nitrogens is 1. The van der Waals surface area contributed by atoms with Gasteiger partial charge in [0.05, 0.1) is 13.0 Å². The zero-order valence-electron chi connectivity index (χ0n) is 9.77. The van der Waals surface area contributed by atoms with Crippen molar-refractivity contribution in [2.75, 3.05) is 6.61 Å². The van der Waals surface area contributed by atoms with Gasteiger partial charge in [0.15, 0.2) is 0 Å². The van der Waals surface area contributed by atoms with Crippen molar-refractivity contribution in [1.82, 2.24) is 4.98 Å². The van der Waals surface area contributed by atoms with Crippen molar-refractivity contribution < 1.29 is 9.53 Å². The molecular formula is C14H15NO2. The topological polar surface area (TPSA) is 42.1 Å². The predicted molar refractivity (Wildman–Crippen MR) is 66.6 cm³/mol. The monoisotopic (exact) mass is 229 g/mol. The van der Waals surface area contributed by atoms with E-state index in [1.165, 1.54) is 0 Å². The molecule has 0 fully saturated rings. The molecule has 2 aromatic rings. The molecule has 0 aliphatic carbocycles. The van der Waals surface area contributed by atoms with E-state index in [2.05, 4.69) is 4.98 Å². The highest BCUT2D eigenvalue weighted by Crippen LogP contribution is 2.23. The van der Waals surface area contributed by atoms with Crippen LogP contribution in [0.5, 0.6) is 0 Å². The Morgan fingerprint density at radius 1 is 1.24 bits per heavy atom. The van der Waals surface area contributed by atoms with Gasteiger partial charge in [-0.05, 0) is 18.6 Å². The van der Waals surface area contributed by atoms with Gasteiger partial charge >= 0.3 is 5.97 Å². The lowest BCUT2D eigenvalue weighted by Crippen LogP contribution is -2.08. The second-order valence-corrected chi connectivity index (χ2v) is 3.72. The minimum atomic E-state index is -0.202. The molecule has 0 saturated heterocycles. The first-order chi connectivity index (χ1) is 8.31. The van der Waals surface area contributed by atoms with Crippen LogP contribution in [0.4, 0.5) is 0 Å². The fourth-order valence-corrected chi connectivity index (χ4v) is 1.79. The fraction of sp³-hybridized carbons (Fsp3) is 0.214. The van der Waals surface area contributed by atoms with Gasteiger partial charge in [-0.1, -0.05) is 30.3 Å². The van der Waals surface area contributed by atoms with Crippen LogP contribution in [-0.4, -0.2) is 17.6 Å². The number of aromatic amines is 1. The number of carbonyl (C=O) groups excluding carboxylic acids is 1. The van der Waals surface area contributed by atoms with Gasteiger partial charge in [-0.25, -0.2) is 0 Å². The van der Waals surface area contributed by atoms with E-state index in [-0.39, 0.29) is 12.4 Å². The summed E-state index contributed by atoms with van der Waals surface area (Å²) in [4.78, 5) is 14.5. The summed E-state index contributed by atoms with van der Waals surface area (Å²) in [5.74, 6) is -0.202. The number of hydrogen-bond acceptors (Lipinski definition) is 2. The van der Waals surface area contributed by atoms with Crippen LogP contribution in [0.15, 0.2) is 42.6 Å². The Morgan fingerprint density at radius 3 is 2.71 bits per heavy atom. The zero-order chi connectivity index (χ0) is 12.1. The molecule has 3 heteroatoms. The molecule has 0 atom stereocenters. The molecule has 88 valence electrons.